The van der Waals surface area contributed by atoms with Gasteiger partial charge in [-0.25, -0.2) is 9.97 Å². The number of aliphatic hydroxyl groups is 3. The predicted octanol–water partition coefficient (Wildman–Crippen LogP) is 6.78. The van der Waals surface area contributed by atoms with Gasteiger partial charge in [0.05, 0.1) is 51.6 Å². The summed E-state index contributed by atoms with van der Waals surface area (Å²) in [4.78, 5) is 13.8. The lowest BCUT2D eigenvalue weighted by atomic mass is 10.1. The van der Waals surface area contributed by atoms with Gasteiger partial charge in [-0.05, 0) is 116 Å². The standard InChI is InChI=1S/C25H26N4O3.C20H22IN3O3.C10H13NO.2CH4O/c1-16(30)25-26-8-9-28(25)11-19-10-24(32-27-19)18-5-2-17(3-6-18)4-7-21-22-12-29(13-23(21)22)20-14-31-15-20;1-14(26-19-4-2-3-11-25-19)20-22-9-10-24(20)13-17-12-18(27-23-17)15-5-7-16(21)8-6-15;1-2-8-9-3-11(4-10(8)9)7-5-12-6-7;2*1-2/h2-3,5-6,8-10,16,20-23,30H,11-15H2,1H3;5-10,12,14,19H,2-4,11,13H2,1H3;1,7-10H,3-6H2;2*2H,1H3/t16-,21?,22-,23+;14-,19?;8?,9-,10+;;/m00.../s1. The number of benzene rings is 2. The van der Waals surface area contributed by atoms with Crippen molar-refractivity contribution in [2.24, 2.45) is 35.5 Å². The van der Waals surface area contributed by atoms with Crippen LogP contribution in [0.4, 0.5) is 0 Å². The fraction of sp³-hybridized carbons (Fsp3) is 0.509. The Morgan fingerprint density at radius 3 is 1.69 bits per heavy atom. The third-order valence-corrected chi connectivity index (χ3v) is 15.8. The molecule has 13 rings (SSSR count). The SMILES string of the molecule is C#CC1[C@H]2CN(C3COC3)C[C@@H]12.CO.CO.C[C@H](O)c1nccn1Cc1cc(-c2ccc(C#CC3[C@H]4CN(C5COC5)C[C@@H]34)cc2)on1.C[C@H](OC1CCCCO1)c1nccn1Cc1cc(-c2ccc(I)cc2)on1. The van der Waals surface area contributed by atoms with E-state index in [0.717, 1.165) is 142 Å². The first-order valence-electron chi connectivity index (χ1n) is 26.0. The van der Waals surface area contributed by atoms with Gasteiger partial charge in [-0.15, -0.1) is 12.3 Å². The Morgan fingerprint density at radius 1 is 0.707 bits per heavy atom. The van der Waals surface area contributed by atoms with Gasteiger partial charge in [0.25, 0.3) is 0 Å². The molecule has 0 amide bonds. The highest BCUT2D eigenvalue weighted by atomic mass is 127. The van der Waals surface area contributed by atoms with E-state index in [-0.39, 0.29) is 12.4 Å². The van der Waals surface area contributed by atoms with Gasteiger partial charge in [0.2, 0.25) is 0 Å². The van der Waals surface area contributed by atoms with Gasteiger partial charge in [-0.1, -0.05) is 34.3 Å². The number of aliphatic hydroxyl groups excluding tert-OH is 3. The number of aromatic nitrogens is 6. The zero-order valence-corrected chi connectivity index (χ0v) is 45.3. The fourth-order valence-corrected chi connectivity index (χ4v) is 11.0. The Labute approximate surface area is 453 Å². The number of hydrogen-bond donors (Lipinski definition) is 3. The van der Waals surface area contributed by atoms with Crippen molar-refractivity contribution in [3.8, 4) is 46.8 Å². The van der Waals surface area contributed by atoms with E-state index >= 15 is 0 Å². The quantitative estimate of drug-likeness (QED) is 0.0858. The Hall–Kier alpha value is -5.23. The second-order valence-corrected chi connectivity index (χ2v) is 21.2. The molecule has 0 radical (unpaired) electrons. The van der Waals surface area contributed by atoms with Gasteiger partial charge in [-0.2, -0.15) is 0 Å². The van der Waals surface area contributed by atoms with E-state index in [1.54, 1.807) is 19.3 Å². The molecule has 3 unspecified atom stereocenters. The Morgan fingerprint density at radius 2 is 1.21 bits per heavy atom. The van der Waals surface area contributed by atoms with E-state index in [4.69, 9.17) is 44.6 Å². The molecule has 4 aromatic heterocycles. The number of likely N-dealkylation sites (tertiary alicyclic amines) is 2. The maximum Gasteiger partial charge on any atom is 0.167 e. The minimum absolute atomic E-state index is 0.140. The number of halogens is 1. The normalized spacial score (nSPS) is 25.2. The van der Waals surface area contributed by atoms with Crippen molar-refractivity contribution in [2.75, 3.05) is 73.4 Å². The lowest BCUT2D eigenvalue weighted by Crippen LogP contribution is -2.48. The topological polar surface area (TPSA) is 192 Å². The third-order valence-electron chi connectivity index (χ3n) is 15.1. The second-order valence-electron chi connectivity index (χ2n) is 20.0. The molecule has 0 spiro atoms. The molecule has 18 heteroatoms. The monoisotopic (exact) mass is 1140 g/mol. The van der Waals surface area contributed by atoms with Gasteiger partial charge < -0.3 is 52.4 Å². The summed E-state index contributed by atoms with van der Waals surface area (Å²) >= 11 is 2.29. The number of imidazole rings is 2. The molecule has 7 fully saturated rings. The van der Waals surface area contributed by atoms with Crippen molar-refractivity contribution < 1.29 is 43.3 Å². The van der Waals surface area contributed by atoms with E-state index in [1.165, 1.54) is 29.7 Å². The van der Waals surface area contributed by atoms with Crippen LogP contribution in [0.5, 0.6) is 0 Å². The van der Waals surface area contributed by atoms with E-state index in [9.17, 15) is 5.11 Å². The molecular formula is C57H69IN8O9. The van der Waals surface area contributed by atoms with Gasteiger partial charge in [-0.3, -0.25) is 9.80 Å². The molecule has 9 atom stereocenters. The molecule has 6 aromatic rings. The summed E-state index contributed by atoms with van der Waals surface area (Å²) < 4.78 is 38.4. The number of piperidine rings is 2. The molecule has 75 heavy (non-hydrogen) atoms. The average Bonchev–Trinajstić information content (AvgIpc) is 4.10. The largest absolute Gasteiger partial charge is 0.400 e. The first-order valence-corrected chi connectivity index (χ1v) is 27.1. The first kappa shape index (κ1) is 54.6. The van der Waals surface area contributed by atoms with Crippen molar-refractivity contribution >= 4 is 22.6 Å². The number of nitrogens with zero attached hydrogens (tertiary/aromatic N) is 8. The Balaban J connectivity index is 0.000000144. The number of fused-ring (bicyclic) bond motifs is 2. The third kappa shape index (κ3) is 13.3. The van der Waals surface area contributed by atoms with E-state index in [2.05, 4.69) is 82.6 Å². The molecule has 9 heterocycles. The fourth-order valence-electron chi connectivity index (χ4n) is 10.7. The summed E-state index contributed by atoms with van der Waals surface area (Å²) in [6.07, 6.45) is 14.9. The van der Waals surface area contributed by atoms with Crippen LogP contribution in [0.25, 0.3) is 22.6 Å². The highest BCUT2D eigenvalue weighted by Gasteiger charge is 2.57. The van der Waals surface area contributed by atoms with Crippen LogP contribution in [0.2, 0.25) is 0 Å². The minimum atomic E-state index is -0.628. The van der Waals surface area contributed by atoms with Gasteiger partial charge in [0.15, 0.2) is 17.8 Å². The molecular weight excluding hydrogens is 1070 g/mol. The molecule has 2 aliphatic carbocycles. The molecule has 0 bridgehead atoms. The Kier molecular flexibility index (Phi) is 18.7. The molecule has 2 aromatic carbocycles. The molecule has 398 valence electrons. The zero-order valence-electron chi connectivity index (χ0n) is 43.2. The van der Waals surface area contributed by atoms with Crippen LogP contribution in [-0.4, -0.2) is 146 Å². The van der Waals surface area contributed by atoms with Crippen LogP contribution >= 0.6 is 22.6 Å². The van der Waals surface area contributed by atoms with Gasteiger partial charge >= 0.3 is 0 Å². The lowest BCUT2D eigenvalue weighted by Gasteiger charge is -2.35. The van der Waals surface area contributed by atoms with Crippen molar-refractivity contribution in [1.29, 1.82) is 0 Å². The van der Waals surface area contributed by atoms with E-state index in [0.29, 0.717) is 36.8 Å². The molecule has 17 nitrogen and oxygen atoms in total. The molecule has 7 aliphatic rings. The lowest BCUT2D eigenvalue weighted by molar-refractivity contribution is -0.188. The first-order chi connectivity index (χ1) is 36.7. The van der Waals surface area contributed by atoms with Crippen molar-refractivity contribution in [3.05, 3.63) is 118 Å². The van der Waals surface area contributed by atoms with Crippen molar-refractivity contribution in [1.82, 2.24) is 39.2 Å². The number of rotatable bonds is 12. The maximum atomic E-state index is 9.81. The predicted molar refractivity (Wildman–Crippen MR) is 288 cm³/mol. The van der Waals surface area contributed by atoms with Gasteiger partial charge in [0, 0.05) is 116 Å². The van der Waals surface area contributed by atoms with Crippen LogP contribution in [0.15, 0.2) is 94.5 Å². The number of hydrogen-bond acceptors (Lipinski definition) is 15. The minimum Gasteiger partial charge on any atom is -0.400 e. The summed E-state index contributed by atoms with van der Waals surface area (Å²) in [7, 11) is 2.00. The molecule has 3 N–H and O–H groups in total. The molecule has 5 saturated heterocycles. The summed E-state index contributed by atoms with van der Waals surface area (Å²) in [5.74, 6) is 17.0. The summed E-state index contributed by atoms with van der Waals surface area (Å²) in [5, 5.41) is 32.2. The van der Waals surface area contributed by atoms with Gasteiger partial charge in [0.1, 0.15) is 35.2 Å². The van der Waals surface area contributed by atoms with Crippen LogP contribution in [0, 0.1) is 63.3 Å². The summed E-state index contributed by atoms with van der Waals surface area (Å²) in [6, 6.07) is 21.6. The number of terminal acetylenes is 1. The number of ether oxygens (including phenoxy) is 4. The second kappa shape index (κ2) is 25.7. The van der Waals surface area contributed by atoms with E-state index in [1.807, 2.05) is 77.0 Å². The van der Waals surface area contributed by atoms with Crippen LogP contribution in [-0.2, 0) is 32.0 Å². The van der Waals surface area contributed by atoms with Crippen LogP contribution in [0.1, 0.15) is 73.9 Å². The average molecular weight is 1140 g/mol. The summed E-state index contributed by atoms with van der Waals surface area (Å²) in [5.41, 5.74) is 4.65. The zero-order chi connectivity index (χ0) is 52.4. The highest BCUT2D eigenvalue weighted by molar-refractivity contribution is 14.1. The van der Waals surface area contributed by atoms with Crippen LogP contribution in [0.3, 0.4) is 0 Å². The Bertz CT molecular complexity index is 2810. The highest BCUT2D eigenvalue weighted by Crippen LogP contribution is 2.53. The maximum absolute atomic E-state index is 9.81. The van der Waals surface area contributed by atoms with Crippen molar-refractivity contribution in [2.45, 2.75) is 76.8 Å². The molecule has 2 saturated carbocycles. The summed E-state index contributed by atoms with van der Waals surface area (Å²) in [6.45, 7) is 14.1. The van der Waals surface area contributed by atoms with Crippen molar-refractivity contribution in [3.63, 3.8) is 0 Å². The molecule has 5 aliphatic heterocycles. The van der Waals surface area contributed by atoms with E-state index < -0.39 is 6.10 Å². The smallest absolute Gasteiger partial charge is 0.167 e. The van der Waals surface area contributed by atoms with Crippen LogP contribution < -0.4 is 0 Å².